The molecule has 0 radical (unpaired) electrons. The van der Waals surface area contributed by atoms with E-state index in [1.54, 1.807) is 55.5 Å². The zero-order valence-electron chi connectivity index (χ0n) is 18.5. The second-order valence-corrected chi connectivity index (χ2v) is 7.76. The first kappa shape index (κ1) is 25.4. The van der Waals surface area contributed by atoms with Crippen molar-refractivity contribution in [1.29, 1.82) is 0 Å². The molecular formula is C24H20BrN3O7. The number of carbonyl (C=O) groups is 2. The van der Waals surface area contributed by atoms with Crippen LogP contribution in [0.15, 0.2) is 76.3 Å². The van der Waals surface area contributed by atoms with Gasteiger partial charge in [0.15, 0.2) is 23.9 Å². The van der Waals surface area contributed by atoms with Crippen LogP contribution >= 0.6 is 15.9 Å². The number of esters is 1. The van der Waals surface area contributed by atoms with E-state index in [-0.39, 0.29) is 17.2 Å². The maximum Gasteiger partial charge on any atom is 0.343 e. The van der Waals surface area contributed by atoms with Crippen LogP contribution in [0.1, 0.15) is 22.8 Å². The SMILES string of the molecule is CCOc1cc(/C=N/NC(=O)COc2ccccc2[N+](=O)[O-])ccc1OC(=O)c1ccc(Br)cc1. The van der Waals surface area contributed by atoms with Crippen LogP contribution < -0.4 is 19.6 Å². The fourth-order valence-corrected chi connectivity index (χ4v) is 3.05. The molecule has 0 bridgehead atoms. The molecule has 0 spiro atoms. The molecule has 1 amide bonds. The van der Waals surface area contributed by atoms with Crippen LogP contribution in [-0.4, -0.2) is 36.2 Å². The lowest BCUT2D eigenvalue weighted by molar-refractivity contribution is -0.385. The minimum absolute atomic E-state index is 0.0220. The molecule has 3 aromatic rings. The van der Waals surface area contributed by atoms with Gasteiger partial charge in [-0.25, -0.2) is 10.2 Å². The van der Waals surface area contributed by atoms with Crippen LogP contribution in [0.5, 0.6) is 17.2 Å². The van der Waals surface area contributed by atoms with Gasteiger partial charge < -0.3 is 14.2 Å². The first-order valence-electron chi connectivity index (χ1n) is 10.3. The number of benzene rings is 3. The summed E-state index contributed by atoms with van der Waals surface area (Å²) in [5.41, 5.74) is 2.99. The van der Waals surface area contributed by atoms with Gasteiger partial charge in [-0.2, -0.15) is 5.10 Å². The summed E-state index contributed by atoms with van der Waals surface area (Å²) in [7, 11) is 0. The molecule has 0 aromatic heterocycles. The molecule has 11 heteroatoms. The highest BCUT2D eigenvalue weighted by Gasteiger charge is 2.15. The second kappa shape index (κ2) is 12.3. The van der Waals surface area contributed by atoms with Gasteiger partial charge >= 0.3 is 11.7 Å². The summed E-state index contributed by atoms with van der Waals surface area (Å²) in [5.74, 6) is -0.603. The molecule has 0 heterocycles. The number of hydrogen-bond acceptors (Lipinski definition) is 8. The van der Waals surface area contributed by atoms with Crippen LogP contribution in [0.4, 0.5) is 5.69 Å². The van der Waals surface area contributed by atoms with Crippen molar-refractivity contribution < 1.29 is 28.7 Å². The van der Waals surface area contributed by atoms with Gasteiger partial charge in [-0.05, 0) is 61.0 Å². The van der Waals surface area contributed by atoms with E-state index in [4.69, 9.17) is 14.2 Å². The quantitative estimate of drug-likeness (QED) is 0.131. The summed E-state index contributed by atoms with van der Waals surface area (Å²) in [6.45, 7) is 1.67. The minimum Gasteiger partial charge on any atom is -0.490 e. The van der Waals surface area contributed by atoms with Crippen LogP contribution in [0, 0.1) is 10.1 Å². The lowest BCUT2D eigenvalue weighted by atomic mass is 10.2. The normalized spacial score (nSPS) is 10.6. The Hall–Kier alpha value is -4.25. The van der Waals surface area contributed by atoms with Gasteiger partial charge in [-0.15, -0.1) is 0 Å². The smallest absolute Gasteiger partial charge is 0.343 e. The molecule has 3 aromatic carbocycles. The van der Waals surface area contributed by atoms with Crippen molar-refractivity contribution in [3.63, 3.8) is 0 Å². The predicted octanol–water partition coefficient (Wildman–Crippen LogP) is 4.50. The lowest BCUT2D eigenvalue weighted by Gasteiger charge is -2.11. The molecule has 0 aliphatic rings. The van der Waals surface area contributed by atoms with E-state index in [0.29, 0.717) is 23.5 Å². The van der Waals surface area contributed by atoms with Crippen molar-refractivity contribution in [3.8, 4) is 17.2 Å². The van der Waals surface area contributed by atoms with E-state index >= 15 is 0 Å². The van der Waals surface area contributed by atoms with E-state index in [2.05, 4.69) is 26.5 Å². The number of halogens is 1. The number of carbonyl (C=O) groups excluding carboxylic acids is 2. The van der Waals surface area contributed by atoms with Crippen molar-refractivity contribution in [3.05, 3.63) is 92.4 Å². The standard InChI is InChI=1S/C24H20BrN3O7/c1-2-33-22-13-16(7-12-21(22)35-24(30)17-8-10-18(25)11-9-17)14-26-27-23(29)15-34-20-6-4-3-5-19(20)28(31)32/h3-14H,2,15H2,1H3,(H,27,29)/b26-14+. The van der Waals surface area contributed by atoms with Crippen LogP contribution in [0.2, 0.25) is 0 Å². The Morgan fingerprint density at radius 2 is 1.77 bits per heavy atom. The lowest BCUT2D eigenvalue weighted by Crippen LogP contribution is -2.24. The summed E-state index contributed by atoms with van der Waals surface area (Å²) >= 11 is 3.32. The van der Waals surface area contributed by atoms with Crippen molar-refractivity contribution in [2.45, 2.75) is 6.92 Å². The molecule has 10 nitrogen and oxygen atoms in total. The van der Waals surface area contributed by atoms with E-state index in [0.717, 1.165) is 4.47 Å². The molecule has 0 fully saturated rings. The Labute approximate surface area is 208 Å². The van der Waals surface area contributed by atoms with Crippen molar-refractivity contribution in [1.82, 2.24) is 5.43 Å². The summed E-state index contributed by atoms with van der Waals surface area (Å²) in [6, 6.07) is 17.3. The Kier molecular flexibility index (Phi) is 8.90. The molecule has 0 aliphatic heterocycles. The number of nitrogens with zero attached hydrogens (tertiary/aromatic N) is 2. The van der Waals surface area contributed by atoms with Crippen molar-refractivity contribution in [2.75, 3.05) is 13.2 Å². The van der Waals surface area contributed by atoms with E-state index in [1.807, 2.05) is 0 Å². The van der Waals surface area contributed by atoms with E-state index < -0.39 is 23.4 Å². The largest absolute Gasteiger partial charge is 0.490 e. The van der Waals surface area contributed by atoms with Gasteiger partial charge in [0.2, 0.25) is 0 Å². The zero-order chi connectivity index (χ0) is 25.2. The summed E-state index contributed by atoms with van der Waals surface area (Å²) < 4.78 is 17.1. The number of nitro groups is 1. The molecule has 0 saturated heterocycles. The number of hydrogen-bond donors (Lipinski definition) is 1. The molecule has 0 aliphatic carbocycles. The molecule has 0 saturated carbocycles. The number of hydrazone groups is 1. The number of ether oxygens (including phenoxy) is 3. The van der Waals surface area contributed by atoms with Gasteiger partial charge in [0.05, 0.1) is 23.3 Å². The van der Waals surface area contributed by atoms with Gasteiger partial charge in [-0.3, -0.25) is 14.9 Å². The van der Waals surface area contributed by atoms with Crippen molar-refractivity contribution in [2.24, 2.45) is 5.10 Å². The Morgan fingerprint density at radius 1 is 1.03 bits per heavy atom. The van der Waals surface area contributed by atoms with Gasteiger partial charge in [0.25, 0.3) is 5.91 Å². The van der Waals surface area contributed by atoms with E-state index in [1.165, 1.54) is 24.4 Å². The number of nitro benzene ring substituents is 1. The topological polar surface area (TPSA) is 129 Å². The molecule has 180 valence electrons. The fourth-order valence-electron chi connectivity index (χ4n) is 2.79. The number of amides is 1. The minimum atomic E-state index is -0.607. The highest BCUT2D eigenvalue weighted by Crippen LogP contribution is 2.29. The first-order valence-corrected chi connectivity index (χ1v) is 11.1. The maximum atomic E-state index is 12.4. The molecule has 35 heavy (non-hydrogen) atoms. The molecule has 1 N–H and O–H groups in total. The third-order valence-corrected chi connectivity index (χ3v) is 4.90. The fraction of sp³-hybridized carbons (Fsp3) is 0.125. The predicted molar refractivity (Wildman–Crippen MR) is 131 cm³/mol. The average molecular weight is 542 g/mol. The Balaban J connectivity index is 1.60. The third-order valence-electron chi connectivity index (χ3n) is 4.37. The van der Waals surface area contributed by atoms with Gasteiger partial charge in [-0.1, -0.05) is 28.1 Å². The molecule has 0 unspecified atom stereocenters. The maximum absolute atomic E-state index is 12.4. The number of para-hydroxylation sites is 2. The second-order valence-electron chi connectivity index (χ2n) is 6.84. The average Bonchev–Trinajstić information content (AvgIpc) is 2.85. The van der Waals surface area contributed by atoms with Crippen LogP contribution in [-0.2, 0) is 4.79 Å². The Bertz CT molecular complexity index is 1250. The third kappa shape index (κ3) is 7.37. The highest BCUT2D eigenvalue weighted by molar-refractivity contribution is 9.10. The van der Waals surface area contributed by atoms with Gasteiger partial charge in [0, 0.05) is 10.5 Å². The zero-order valence-corrected chi connectivity index (χ0v) is 20.1. The van der Waals surface area contributed by atoms with E-state index in [9.17, 15) is 19.7 Å². The number of nitrogens with one attached hydrogen (secondary N) is 1. The molecular weight excluding hydrogens is 522 g/mol. The summed E-state index contributed by atoms with van der Waals surface area (Å²) in [5, 5.41) is 14.9. The monoisotopic (exact) mass is 541 g/mol. The van der Waals surface area contributed by atoms with Crippen LogP contribution in [0.25, 0.3) is 0 Å². The van der Waals surface area contributed by atoms with Crippen molar-refractivity contribution >= 4 is 39.7 Å². The summed E-state index contributed by atoms with van der Waals surface area (Å²) in [4.78, 5) is 34.8. The molecule has 0 atom stereocenters. The highest BCUT2D eigenvalue weighted by atomic mass is 79.9. The van der Waals surface area contributed by atoms with Gasteiger partial charge in [0.1, 0.15) is 0 Å². The summed E-state index contributed by atoms with van der Waals surface area (Å²) in [6.07, 6.45) is 1.37. The molecule has 3 rings (SSSR count). The van der Waals surface area contributed by atoms with Crippen LogP contribution in [0.3, 0.4) is 0 Å². The number of rotatable bonds is 10. The Morgan fingerprint density at radius 3 is 2.49 bits per heavy atom. The first-order chi connectivity index (χ1) is 16.9.